The van der Waals surface area contributed by atoms with Crippen molar-refractivity contribution in [3.63, 3.8) is 0 Å². The molecule has 170 valence electrons. The summed E-state index contributed by atoms with van der Waals surface area (Å²) in [5, 5.41) is 21.4. The van der Waals surface area contributed by atoms with Gasteiger partial charge in [0.15, 0.2) is 0 Å². The standard InChI is InChI=1S/C30H26S4/c1-3-11-19(13(5-1)23-25-15-7-31(15,23)25)22(30-28-18-10-34(18,28)30)20-12(21(11)29-27-17-9-33(17,27)29)4-2-6-14(20)24-26-16-8-32(16,24)26/h1-6,15-18,23-30H,7-10H2. The number of rotatable bonds is 4. The Hall–Kier alpha value is -0.420. The third-order valence-corrected chi connectivity index (χ3v) is 32.3. The molecule has 0 amide bonds. The van der Waals surface area contributed by atoms with Gasteiger partial charge in [-0.25, -0.2) is 40.1 Å². The molecule has 4 heteroatoms. The fourth-order valence-corrected chi connectivity index (χ4v) is 31.9. The van der Waals surface area contributed by atoms with E-state index in [1.165, 1.54) is 42.0 Å². The highest BCUT2D eigenvalue weighted by Gasteiger charge is 2.97. The lowest BCUT2D eigenvalue weighted by atomic mass is 9.82. The van der Waals surface area contributed by atoms with E-state index in [-0.39, 0.29) is 40.1 Å². The van der Waals surface area contributed by atoms with Crippen molar-refractivity contribution >= 4 is 61.7 Å². The van der Waals surface area contributed by atoms with Crippen LogP contribution in [-0.2, 0) is 0 Å². The van der Waals surface area contributed by atoms with E-state index in [1.807, 2.05) is 33.0 Å². The molecule has 12 saturated heterocycles. The molecule has 12 fully saturated rings. The van der Waals surface area contributed by atoms with Crippen molar-refractivity contribution in [2.24, 2.45) is 0 Å². The molecule has 0 saturated carbocycles. The molecule has 0 aliphatic carbocycles. The quantitative estimate of drug-likeness (QED) is 0.276. The van der Waals surface area contributed by atoms with Gasteiger partial charge >= 0.3 is 0 Å². The highest BCUT2D eigenvalue weighted by Crippen LogP contribution is 3.17. The van der Waals surface area contributed by atoms with Crippen LogP contribution in [0.3, 0.4) is 0 Å². The molecule has 3 aromatic carbocycles. The Morgan fingerprint density at radius 1 is 0.471 bits per heavy atom. The number of hydrogen-bond donors (Lipinski definition) is 0. The van der Waals surface area contributed by atoms with E-state index in [2.05, 4.69) is 36.4 Å². The number of benzene rings is 3. The zero-order chi connectivity index (χ0) is 20.6. The summed E-state index contributed by atoms with van der Waals surface area (Å²) in [6, 6.07) is 15.6. The van der Waals surface area contributed by atoms with Gasteiger partial charge in [0.2, 0.25) is 0 Å². The first kappa shape index (κ1) is 15.7. The fraction of sp³-hybridized carbons (Fsp3) is 0.533. The van der Waals surface area contributed by atoms with Gasteiger partial charge in [0.25, 0.3) is 0 Å². The average molecular weight is 515 g/mol. The Morgan fingerprint density at radius 2 is 0.853 bits per heavy atom. The zero-order valence-corrected chi connectivity index (χ0v) is 22.1. The Bertz CT molecular complexity index is 1720. The molecule has 15 rings (SSSR count). The third-order valence-electron chi connectivity index (χ3n) is 14.1. The maximum absolute atomic E-state index is 2.66. The van der Waals surface area contributed by atoms with Crippen molar-refractivity contribution in [1.82, 2.24) is 0 Å². The van der Waals surface area contributed by atoms with Gasteiger partial charge in [-0.3, -0.25) is 0 Å². The molecule has 3 aromatic rings. The maximum Gasteiger partial charge on any atom is 0.0275 e. The van der Waals surface area contributed by atoms with Crippen LogP contribution in [0.25, 0.3) is 21.5 Å². The topological polar surface area (TPSA) is 0 Å². The highest BCUT2D eigenvalue weighted by atomic mass is 32.3. The predicted molar refractivity (Wildman–Crippen MR) is 153 cm³/mol. The first-order chi connectivity index (χ1) is 16.8. The molecule has 4 spiro atoms. The minimum Gasteiger partial charge on any atom is -0.222 e. The van der Waals surface area contributed by atoms with Gasteiger partial charge in [0, 0.05) is 63.0 Å². The molecule has 12 aliphatic rings. The van der Waals surface area contributed by atoms with Gasteiger partial charge < -0.3 is 0 Å². The first-order valence-electron chi connectivity index (χ1n) is 13.9. The van der Waals surface area contributed by atoms with Crippen LogP contribution in [-0.4, -0.2) is 65.0 Å². The van der Waals surface area contributed by atoms with E-state index < -0.39 is 0 Å². The molecular weight excluding hydrogens is 489 g/mol. The lowest BCUT2D eigenvalue weighted by molar-refractivity contribution is 0.949. The van der Waals surface area contributed by atoms with E-state index in [0.29, 0.717) is 0 Å². The van der Waals surface area contributed by atoms with E-state index >= 15 is 0 Å². The molecule has 0 bridgehead atoms. The van der Waals surface area contributed by atoms with Crippen LogP contribution < -0.4 is 0 Å². The maximum atomic E-state index is 2.66. The predicted octanol–water partition coefficient (Wildman–Crippen LogP) is 6.49. The van der Waals surface area contributed by atoms with E-state index in [1.54, 1.807) is 33.8 Å². The Kier molecular flexibility index (Phi) is 1.72. The van der Waals surface area contributed by atoms with Crippen molar-refractivity contribution in [1.29, 1.82) is 0 Å². The van der Waals surface area contributed by atoms with E-state index in [9.17, 15) is 0 Å². The lowest BCUT2D eigenvalue weighted by Gasteiger charge is -2.24. The van der Waals surface area contributed by atoms with E-state index in [4.69, 9.17) is 0 Å². The summed E-state index contributed by atoms with van der Waals surface area (Å²) < 4.78 is 0. The summed E-state index contributed by atoms with van der Waals surface area (Å²) in [5.74, 6) is 6.66. The molecule has 12 heterocycles. The van der Waals surface area contributed by atoms with Crippen molar-refractivity contribution in [2.45, 2.75) is 63.0 Å². The number of fused-ring (bicyclic) bond motifs is 6. The Labute approximate surface area is 205 Å². The normalized spacial score (nSPS) is 76.7. The SMILES string of the molecule is c1cc(C2C3C4CS423)c2c(C3C4C5CS534)c3c(C4C5C6CS645)cccc3c(C3C4C5CS534)c2c1. The van der Waals surface area contributed by atoms with Crippen LogP contribution >= 0.6 is 40.1 Å². The van der Waals surface area contributed by atoms with Crippen LogP contribution in [0.5, 0.6) is 0 Å². The Morgan fingerprint density at radius 3 is 1.24 bits per heavy atom. The second-order valence-electron chi connectivity index (χ2n) is 14.4. The van der Waals surface area contributed by atoms with Gasteiger partial charge in [-0.05, 0) is 66.8 Å². The molecule has 0 radical (unpaired) electrons. The minimum absolute atomic E-state index is 0.0772. The number of hydrogen-bond acceptors (Lipinski definition) is 0. The minimum atomic E-state index is -0.123. The highest BCUT2D eigenvalue weighted by molar-refractivity contribution is 8.54. The third kappa shape index (κ3) is 1.16. The van der Waals surface area contributed by atoms with Gasteiger partial charge in [-0.15, -0.1) is 0 Å². The van der Waals surface area contributed by atoms with Gasteiger partial charge in [0.05, 0.1) is 0 Å². The largest absolute Gasteiger partial charge is 0.222 e. The molecule has 34 heavy (non-hydrogen) atoms. The summed E-state index contributed by atoms with van der Waals surface area (Å²) in [5.41, 5.74) is 7.73. The second kappa shape index (κ2) is 3.71. The van der Waals surface area contributed by atoms with Crippen LogP contribution in [0, 0.1) is 0 Å². The molecule has 16 atom stereocenters. The van der Waals surface area contributed by atoms with E-state index in [0.717, 1.165) is 21.0 Å². The van der Waals surface area contributed by atoms with Gasteiger partial charge in [-0.2, -0.15) is 0 Å². The molecule has 0 aromatic heterocycles. The first-order valence-corrected chi connectivity index (χ1v) is 21.9. The smallest absolute Gasteiger partial charge is 0.0275 e. The van der Waals surface area contributed by atoms with Crippen LogP contribution in [0.1, 0.15) is 43.3 Å². The van der Waals surface area contributed by atoms with Crippen LogP contribution in [0.15, 0.2) is 36.4 Å². The molecular formula is C30H26S4. The van der Waals surface area contributed by atoms with Crippen molar-refractivity contribution in [3.8, 4) is 0 Å². The van der Waals surface area contributed by atoms with Gasteiger partial charge in [0.1, 0.15) is 0 Å². The zero-order valence-electron chi connectivity index (χ0n) is 18.9. The Balaban J connectivity index is 1.13. The fourth-order valence-electron chi connectivity index (χ4n) is 11.4. The summed E-state index contributed by atoms with van der Waals surface area (Å²) in [7, 11) is -0.392. The molecule has 12 aliphatic heterocycles. The monoisotopic (exact) mass is 514 g/mol. The lowest BCUT2D eigenvalue weighted by Crippen LogP contribution is -2.07. The second-order valence-corrected chi connectivity index (χ2v) is 29.6. The molecule has 0 nitrogen and oxygen atoms in total. The van der Waals surface area contributed by atoms with Crippen LogP contribution in [0.4, 0.5) is 0 Å². The summed E-state index contributed by atoms with van der Waals surface area (Å²) >= 11 is 0. The summed E-state index contributed by atoms with van der Waals surface area (Å²) in [6.45, 7) is 0. The van der Waals surface area contributed by atoms with Crippen LogP contribution in [0.2, 0.25) is 0 Å². The van der Waals surface area contributed by atoms with Crippen molar-refractivity contribution < 1.29 is 0 Å². The summed E-state index contributed by atoms with van der Waals surface area (Å²) in [6.07, 6.45) is 0. The molecule has 16 unspecified atom stereocenters. The van der Waals surface area contributed by atoms with Crippen molar-refractivity contribution in [3.05, 3.63) is 58.7 Å². The molecule has 0 N–H and O–H groups in total. The summed E-state index contributed by atoms with van der Waals surface area (Å²) in [4.78, 5) is 0. The average Bonchev–Trinajstić information content (AvgIpc) is 3.57. The van der Waals surface area contributed by atoms with Gasteiger partial charge in [-0.1, -0.05) is 36.4 Å². The van der Waals surface area contributed by atoms with Crippen molar-refractivity contribution in [2.75, 3.05) is 23.0 Å².